The molecular formula is C23H25N3O5. The summed E-state index contributed by atoms with van der Waals surface area (Å²) in [5.74, 6) is -0.292. The van der Waals surface area contributed by atoms with Crippen LogP contribution in [-0.4, -0.2) is 43.6 Å². The Balaban J connectivity index is 2.01. The quantitative estimate of drug-likeness (QED) is 0.694. The third kappa shape index (κ3) is 4.37. The molecule has 0 aliphatic carbocycles. The van der Waals surface area contributed by atoms with Crippen LogP contribution in [0.15, 0.2) is 59.8 Å². The molecule has 1 aliphatic heterocycles. The van der Waals surface area contributed by atoms with Crippen LogP contribution in [0, 0.1) is 0 Å². The van der Waals surface area contributed by atoms with Crippen molar-refractivity contribution in [3.05, 3.63) is 70.9 Å². The maximum Gasteiger partial charge on any atom is 0.337 e. The Bertz CT molecular complexity index is 1030. The second kappa shape index (κ2) is 9.34. The minimum Gasteiger partial charge on any atom is -0.495 e. The van der Waals surface area contributed by atoms with Crippen LogP contribution in [0.25, 0.3) is 0 Å². The molecule has 8 heteroatoms. The molecule has 2 N–H and O–H groups in total. The smallest absolute Gasteiger partial charge is 0.337 e. The average molecular weight is 423 g/mol. The Morgan fingerprint density at radius 3 is 2.39 bits per heavy atom. The fourth-order valence-electron chi connectivity index (χ4n) is 3.57. The van der Waals surface area contributed by atoms with E-state index >= 15 is 0 Å². The summed E-state index contributed by atoms with van der Waals surface area (Å²) >= 11 is 0. The zero-order chi connectivity index (χ0) is 22.5. The van der Waals surface area contributed by atoms with Crippen molar-refractivity contribution in [1.82, 2.24) is 10.2 Å². The number of esters is 1. The Hall–Kier alpha value is -3.81. The summed E-state index contributed by atoms with van der Waals surface area (Å²) in [5.41, 5.74) is 2.53. The molecule has 1 aliphatic rings. The van der Waals surface area contributed by atoms with E-state index in [1.165, 1.54) is 19.1 Å². The molecule has 0 spiro atoms. The monoisotopic (exact) mass is 423 g/mol. The fraction of sp³-hybridized carbons (Fsp3) is 0.261. The van der Waals surface area contributed by atoms with Crippen molar-refractivity contribution in [3.63, 3.8) is 0 Å². The lowest BCUT2D eigenvalue weighted by Crippen LogP contribution is -2.48. The van der Waals surface area contributed by atoms with Gasteiger partial charge in [-0.25, -0.2) is 9.59 Å². The number of rotatable bonds is 6. The SMILES string of the molecule is CCN1C(=O)N[C@@H](c2ccc(C(=O)OC)cc2)C(C(=O)Nc2ccccc2OC)=C1C. The van der Waals surface area contributed by atoms with Crippen LogP contribution in [0.5, 0.6) is 5.75 Å². The van der Waals surface area contributed by atoms with Gasteiger partial charge in [0, 0.05) is 12.2 Å². The molecule has 3 rings (SSSR count). The number of carbonyl (C=O) groups is 3. The highest BCUT2D eigenvalue weighted by Crippen LogP contribution is 2.32. The maximum atomic E-state index is 13.3. The number of carbonyl (C=O) groups excluding carboxylic acids is 3. The van der Waals surface area contributed by atoms with E-state index in [-0.39, 0.29) is 11.9 Å². The standard InChI is InChI=1S/C23H25N3O5/c1-5-26-14(2)19(21(27)24-17-8-6-7-9-18(17)30-3)20(25-23(26)29)15-10-12-16(13-11-15)22(28)31-4/h6-13,20H,5H2,1-4H3,(H,24,27)(H,25,29)/t20-/m0/s1. The highest BCUT2D eigenvalue weighted by atomic mass is 16.5. The van der Waals surface area contributed by atoms with Crippen LogP contribution in [0.3, 0.4) is 0 Å². The van der Waals surface area contributed by atoms with Crippen LogP contribution in [0.2, 0.25) is 0 Å². The van der Waals surface area contributed by atoms with Gasteiger partial charge in [0.2, 0.25) is 0 Å². The van der Waals surface area contributed by atoms with Crippen LogP contribution in [0.4, 0.5) is 10.5 Å². The molecule has 2 aromatic carbocycles. The minimum absolute atomic E-state index is 0.295. The summed E-state index contributed by atoms with van der Waals surface area (Å²) in [7, 11) is 2.84. The van der Waals surface area contributed by atoms with E-state index in [2.05, 4.69) is 10.6 Å². The summed E-state index contributed by atoms with van der Waals surface area (Å²) in [5, 5.41) is 5.78. The maximum absolute atomic E-state index is 13.3. The number of urea groups is 1. The van der Waals surface area contributed by atoms with Gasteiger partial charge in [0.05, 0.1) is 37.1 Å². The predicted molar refractivity (Wildman–Crippen MR) is 116 cm³/mol. The lowest BCUT2D eigenvalue weighted by atomic mass is 9.93. The number of nitrogens with one attached hydrogen (secondary N) is 2. The molecule has 1 atom stereocenters. The molecule has 162 valence electrons. The van der Waals surface area contributed by atoms with E-state index in [0.717, 1.165) is 0 Å². The molecule has 0 fully saturated rings. The number of amides is 3. The van der Waals surface area contributed by atoms with E-state index in [9.17, 15) is 14.4 Å². The largest absolute Gasteiger partial charge is 0.495 e. The number of anilines is 1. The topological polar surface area (TPSA) is 97.0 Å². The summed E-state index contributed by atoms with van der Waals surface area (Å²) in [6, 6.07) is 12.7. The van der Waals surface area contributed by atoms with Crippen LogP contribution >= 0.6 is 0 Å². The van der Waals surface area contributed by atoms with Gasteiger partial charge >= 0.3 is 12.0 Å². The first-order valence-corrected chi connectivity index (χ1v) is 9.82. The average Bonchev–Trinajstić information content (AvgIpc) is 2.78. The van der Waals surface area contributed by atoms with E-state index in [4.69, 9.17) is 9.47 Å². The van der Waals surface area contributed by atoms with Gasteiger partial charge in [-0.15, -0.1) is 0 Å². The van der Waals surface area contributed by atoms with Gasteiger partial charge in [-0.1, -0.05) is 24.3 Å². The number of ether oxygens (including phenoxy) is 2. The van der Waals surface area contributed by atoms with Crippen LogP contribution < -0.4 is 15.4 Å². The van der Waals surface area contributed by atoms with Crippen molar-refractivity contribution < 1.29 is 23.9 Å². The number of allylic oxidation sites excluding steroid dienone is 1. The van der Waals surface area contributed by atoms with E-state index in [1.54, 1.807) is 49.4 Å². The highest BCUT2D eigenvalue weighted by Gasteiger charge is 2.35. The zero-order valence-electron chi connectivity index (χ0n) is 17.9. The molecule has 8 nitrogen and oxygen atoms in total. The van der Waals surface area contributed by atoms with Crippen molar-refractivity contribution in [1.29, 1.82) is 0 Å². The van der Waals surface area contributed by atoms with Gasteiger partial charge in [0.1, 0.15) is 5.75 Å². The van der Waals surface area contributed by atoms with Gasteiger partial charge in [-0.2, -0.15) is 0 Å². The Labute approximate surface area is 180 Å². The molecule has 0 aromatic heterocycles. The minimum atomic E-state index is -0.684. The Kier molecular flexibility index (Phi) is 6.59. The first-order valence-electron chi connectivity index (χ1n) is 9.82. The second-order valence-corrected chi connectivity index (χ2v) is 6.89. The number of para-hydroxylation sites is 2. The van der Waals surface area contributed by atoms with Crippen molar-refractivity contribution in [2.75, 3.05) is 26.1 Å². The van der Waals surface area contributed by atoms with Crippen molar-refractivity contribution in [3.8, 4) is 5.75 Å². The van der Waals surface area contributed by atoms with Gasteiger partial charge in [-0.05, 0) is 43.7 Å². The zero-order valence-corrected chi connectivity index (χ0v) is 17.9. The summed E-state index contributed by atoms with van der Waals surface area (Å²) in [6.45, 7) is 4.00. The highest BCUT2D eigenvalue weighted by molar-refractivity contribution is 6.07. The second-order valence-electron chi connectivity index (χ2n) is 6.89. The van der Waals surface area contributed by atoms with Gasteiger partial charge < -0.3 is 20.1 Å². The normalized spacial score (nSPS) is 15.9. The van der Waals surface area contributed by atoms with Crippen molar-refractivity contribution >= 4 is 23.6 Å². The number of nitrogens with zero attached hydrogens (tertiary/aromatic N) is 1. The number of hydrogen-bond donors (Lipinski definition) is 2. The Morgan fingerprint density at radius 2 is 1.77 bits per heavy atom. The van der Waals surface area contributed by atoms with Crippen LogP contribution in [0.1, 0.15) is 35.8 Å². The lowest BCUT2D eigenvalue weighted by Gasteiger charge is -2.35. The molecule has 31 heavy (non-hydrogen) atoms. The first-order chi connectivity index (χ1) is 14.9. The number of benzene rings is 2. The van der Waals surface area contributed by atoms with E-state index in [1.807, 2.05) is 13.0 Å². The van der Waals surface area contributed by atoms with Crippen molar-refractivity contribution in [2.24, 2.45) is 0 Å². The first kappa shape index (κ1) is 21.9. The van der Waals surface area contributed by atoms with Crippen LogP contribution in [-0.2, 0) is 9.53 Å². The van der Waals surface area contributed by atoms with Crippen molar-refractivity contribution in [2.45, 2.75) is 19.9 Å². The molecule has 3 amide bonds. The molecule has 0 saturated heterocycles. The lowest BCUT2D eigenvalue weighted by molar-refractivity contribution is -0.113. The predicted octanol–water partition coefficient (Wildman–Crippen LogP) is 3.48. The van der Waals surface area contributed by atoms with Gasteiger partial charge in [0.25, 0.3) is 5.91 Å². The molecule has 0 bridgehead atoms. The summed E-state index contributed by atoms with van der Waals surface area (Å²) in [4.78, 5) is 39.2. The number of hydrogen-bond acceptors (Lipinski definition) is 5. The Morgan fingerprint density at radius 1 is 1.10 bits per heavy atom. The third-order valence-electron chi connectivity index (χ3n) is 5.18. The van der Waals surface area contributed by atoms with E-state index < -0.39 is 12.0 Å². The molecule has 1 heterocycles. The number of methoxy groups -OCH3 is 2. The molecule has 2 aromatic rings. The van der Waals surface area contributed by atoms with Gasteiger partial charge in [-0.3, -0.25) is 9.69 Å². The molecular weight excluding hydrogens is 398 g/mol. The van der Waals surface area contributed by atoms with E-state index in [0.29, 0.717) is 40.4 Å². The summed E-state index contributed by atoms with van der Waals surface area (Å²) < 4.78 is 10.1. The molecule has 0 radical (unpaired) electrons. The fourth-order valence-corrected chi connectivity index (χ4v) is 3.57. The van der Waals surface area contributed by atoms with Gasteiger partial charge in [0.15, 0.2) is 0 Å². The molecule has 0 unspecified atom stereocenters. The third-order valence-corrected chi connectivity index (χ3v) is 5.18. The summed E-state index contributed by atoms with van der Waals surface area (Å²) in [6.07, 6.45) is 0. The molecule has 0 saturated carbocycles.